The van der Waals surface area contributed by atoms with Crippen LogP contribution in [0.3, 0.4) is 0 Å². The highest BCUT2D eigenvalue weighted by atomic mass is 35.5. The first kappa shape index (κ1) is 28.6. The number of hydrogen-bond donors (Lipinski definition) is 0. The number of nitrogens with zero attached hydrogens (tertiary/aromatic N) is 4. The molecule has 2 fully saturated rings. The molecule has 1 aliphatic carbocycles. The second-order valence-electron chi connectivity index (χ2n) is 10.2. The fraction of sp³-hybridized carbons (Fsp3) is 0.407. The van der Waals surface area contributed by atoms with Crippen LogP contribution in [0.5, 0.6) is 5.75 Å². The van der Waals surface area contributed by atoms with E-state index in [0.717, 1.165) is 31.9 Å². The van der Waals surface area contributed by atoms with E-state index in [1.54, 1.807) is 37.4 Å². The average Bonchev–Trinajstić information content (AvgIpc) is 3.43. The summed E-state index contributed by atoms with van der Waals surface area (Å²) in [5, 5.41) is 4.87. The van der Waals surface area contributed by atoms with Crippen molar-refractivity contribution in [3.63, 3.8) is 0 Å². The van der Waals surface area contributed by atoms with E-state index in [1.807, 2.05) is 4.90 Å². The van der Waals surface area contributed by atoms with Gasteiger partial charge in [-0.05, 0) is 68.5 Å². The van der Waals surface area contributed by atoms with Gasteiger partial charge >= 0.3 is 5.56 Å². The predicted molar refractivity (Wildman–Crippen MR) is 153 cm³/mol. The van der Waals surface area contributed by atoms with Gasteiger partial charge in [-0.2, -0.15) is 14.1 Å². The Hall–Kier alpha value is -2.93. The zero-order chi connectivity index (χ0) is 28.7. The number of piperazine rings is 1. The smallest absolute Gasteiger partial charge is 0.316 e. The van der Waals surface area contributed by atoms with Gasteiger partial charge in [-0.15, -0.1) is 0 Å². The Balaban J connectivity index is 1.43. The van der Waals surface area contributed by atoms with Crippen molar-refractivity contribution >= 4 is 37.1 Å². The number of sulfonamides is 1. The molecule has 0 N–H and O–H groups in total. The lowest BCUT2D eigenvalue weighted by Crippen LogP contribution is -2.49. The number of rotatable bonds is 7. The predicted octanol–water partition coefficient (Wildman–Crippen LogP) is 3.43. The zero-order valence-electron chi connectivity index (χ0n) is 22.3. The van der Waals surface area contributed by atoms with E-state index in [2.05, 4.69) is 5.10 Å². The topological polar surface area (TPSA) is 119 Å². The SMILES string of the molecule is Cc1ccc(S(C)(=O)=O)cc1S(=O)(=O)N1CCN(c2cnn(-c3cccc(Cl)c3)c(=O)c2OC2CCCC2)CC1. The number of aromatic nitrogens is 2. The lowest BCUT2D eigenvalue weighted by Gasteiger charge is -2.36. The standard InChI is InChI=1S/C27H31ClN4O6S2/c1-19-10-11-23(39(2,34)35)17-25(19)40(36,37)31-14-12-30(13-15-31)24-18-29-32(21-7-5-6-20(28)16-21)27(33)26(24)38-22-8-3-4-9-22/h5-7,10-11,16-18,22H,3-4,8-9,12-15H2,1-2H3. The molecule has 0 atom stereocenters. The maximum Gasteiger partial charge on any atom is 0.316 e. The van der Waals surface area contributed by atoms with Crippen LogP contribution < -0.4 is 15.2 Å². The van der Waals surface area contributed by atoms with Gasteiger partial charge in [-0.1, -0.05) is 23.7 Å². The second kappa shape index (κ2) is 11.2. The molecular formula is C27H31ClN4O6S2. The third-order valence-electron chi connectivity index (χ3n) is 7.34. The molecule has 5 rings (SSSR count). The Labute approximate surface area is 239 Å². The molecular weight excluding hydrogens is 576 g/mol. The first-order chi connectivity index (χ1) is 18.9. The van der Waals surface area contributed by atoms with E-state index in [9.17, 15) is 21.6 Å². The molecule has 214 valence electrons. The molecule has 2 aromatic carbocycles. The summed E-state index contributed by atoms with van der Waals surface area (Å²) in [4.78, 5) is 15.5. The Kier molecular flexibility index (Phi) is 7.97. The van der Waals surface area contributed by atoms with Crippen molar-refractivity contribution in [1.82, 2.24) is 14.1 Å². The fourth-order valence-electron chi connectivity index (χ4n) is 5.13. The van der Waals surface area contributed by atoms with Crippen LogP contribution in [0.1, 0.15) is 31.2 Å². The number of halogens is 1. The highest BCUT2D eigenvalue weighted by Crippen LogP contribution is 2.31. The molecule has 0 bridgehead atoms. The molecule has 3 aromatic rings. The quantitative estimate of drug-likeness (QED) is 0.401. The van der Waals surface area contributed by atoms with Gasteiger partial charge in [0.15, 0.2) is 9.84 Å². The Morgan fingerprint density at radius 2 is 1.68 bits per heavy atom. The first-order valence-corrected chi connectivity index (χ1v) is 16.8. The maximum atomic E-state index is 13.6. The van der Waals surface area contributed by atoms with Crippen molar-refractivity contribution in [2.45, 2.75) is 48.5 Å². The van der Waals surface area contributed by atoms with Gasteiger partial charge in [0.2, 0.25) is 15.8 Å². The Bertz CT molecular complexity index is 1690. The van der Waals surface area contributed by atoms with E-state index < -0.39 is 25.4 Å². The number of aryl methyl sites for hydroxylation is 1. The average molecular weight is 607 g/mol. The summed E-state index contributed by atoms with van der Waals surface area (Å²) in [6, 6.07) is 11.0. The summed E-state index contributed by atoms with van der Waals surface area (Å²) in [6.45, 7) is 2.53. The minimum atomic E-state index is -3.95. The van der Waals surface area contributed by atoms with Gasteiger partial charge in [0, 0.05) is 37.5 Å². The molecule has 1 saturated heterocycles. The molecule has 1 aromatic heterocycles. The van der Waals surface area contributed by atoms with Crippen molar-refractivity contribution in [3.05, 3.63) is 69.6 Å². The summed E-state index contributed by atoms with van der Waals surface area (Å²) >= 11 is 6.15. The molecule has 13 heteroatoms. The minimum absolute atomic E-state index is 0.0279. The largest absolute Gasteiger partial charge is 0.483 e. The third-order valence-corrected chi connectivity index (χ3v) is 10.7. The Morgan fingerprint density at radius 1 is 0.975 bits per heavy atom. The lowest BCUT2D eigenvalue weighted by atomic mass is 10.2. The van der Waals surface area contributed by atoms with Crippen LogP contribution in [-0.2, 0) is 19.9 Å². The normalized spacial score (nSPS) is 17.3. The van der Waals surface area contributed by atoms with Gasteiger partial charge in [-0.25, -0.2) is 16.8 Å². The van der Waals surface area contributed by atoms with E-state index in [0.29, 0.717) is 35.1 Å². The third kappa shape index (κ3) is 5.76. The lowest BCUT2D eigenvalue weighted by molar-refractivity contribution is 0.205. The number of benzene rings is 2. The molecule has 0 radical (unpaired) electrons. The van der Waals surface area contributed by atoms with Crippen LogP contribution in [0.2, 0.25) is 5.02 Å². The summed E-state index contributed by atoms with van der Waals surface area (Å²) in [5.74, 6) is 0.190. The van der Waals surface area contributed by atoms with Crippen molar-refractivity contribution in [2.24, 2.45) is 0 Å². The first-order valence-electron chi connectivity index (χ1n) is 13.1. The van der Waals surface area contributed by atoms with Gasteiger partial charge < -0.3 is 9.64 Å². The van der Waals surface area contributed by atoms with Crippen molar-refractivity contribution in [2.75, 3.05) is 37.3 Å². The van der Waals surface area contributed by atoms with Crippen molar-refractivity contribution in [1.29, 1.82) is 0 Å². The summed E-state index contributed by atoms with van der Waals surface area (Å²) < 4.78 is 60.0. The van der Waals surface area contributed by atoms with E-state index in [-0.39, 0.29) is 34.7 Å². The molecule has 10 nitrogen and oxygen atoms in total. The van der Waals surface area contributed by atoms with E-state index in [4.69, 9.17) is 16.3 Å². The zero-order valence-corrected chi connectivity index (χ0v) is 24.7. The maximum absolute atomic E-state index is 13.6. The number of anilines is 1. The summed E-state index contributed by atoms with van der Waals surface area (Å²) in [7, 11) is -7.52. The number of ether oxygens (including phenoxy) is 1. The van der Waals surface area contributed by atoms with Crippen LogP contribution in [0.25, 0.3) is 5.69 Å². The van der Waals surface area contributed by atoms with Crippen LogP contribution in [0, 0.1) is 6.92 Å². The highest BCUT2D eigenvalue weighted by molar-refractivity contribution is 7.91. The molecule has 2 heterocycles. The van der Waals surface area contributed by atoms with Crippen molar-refractivity contribution < 1.29 is 21.6 Å². The monoisotopic (exact) mass is 606 g/mol. The number of sulfone groups is 1. The highest BCUT2D eigenvalue weighted by Gasteiger charge is 2.32. The minimum Gasteiger partial charge on any atom is -0.483 e. The molecule has 2 aliphatic rings. The molecule has 1 aliphatic heterocycles. The van der Waals surface area contributed by atoms with Gasteiger partial charge in [0.05, 0.1) is 27.8 Å². The fourth-order valence-corrected chi connectivity index (χ4v) is 7.71. The van der Waals surface area contributed by atoms with Crippen molar-refractivity contribution in [3.8, 4) is 11.4 Å². The molecule has 1 saturated carbocycles. The molecule has 0 unspecified atom stereocenters. The Morgan fingerprint density at radius 3 is 2.33 bits per heavy atom. The molecule has 0 spiro atoms. The number of hydrogen-bond acceptors (Lipinski definition) is 8. The van der Waals surface area contributed by atoms with Crippen LogP contribution in [0.4, 0.5) is 5.69 Å². The second-order valence-corrected chi connectivity index (χ2v) is 14.5. The van der Waals surface area contributed by atoms with Crippen LogP contribution >= 0.6 is 11.6 Å². The van der Waals surface area contributed by atoms with Crippen LogP contribution in [0.15, 0.2) is 63.2 Å². The van der Waals surface area contributed by atoms with Gasteiger partial charge in [0.1, 0.15) is 5.69 Å². The van der Waals surface area contributed by atoms with Gasteiger partial charge in [-0.3, -0.25) is 4.79 Å². The van der Waals surface area contributed by atoms with E-state index in [1.165, 1.54) is 27.2 Å². The summed E-state index contributed by atoms with van der Waals surface area (Å²) in [6.07, 6.45) is 6.33. The molecule has 0 amide bonds. The van der Waals surface area contributed by atoms with Crippen LogP contribution in [-0.4, -0.2) is 69.5 Å². The van der Waals surface area contributed by atoms with Gasteiger partial charge in [0.25, 0.3) is 0 Å². The molecule has 40 heavy (non-hydrogen) atoms. The summed E-state index contributed by atoms with van der Waals surface area (Å²) in [5.41, 5.74) is 1.09. The van der Waals surface area contributed by atoms with E-state index >= 15 is 0 Å².